The molecule has 2 aromatic rings. The monoisotopic (exact) mass is 422 g/mol. The Labute approximate surface area is 156 Å². The standard InChI is InChI=1S/C14H13F3N4O6S/c1-21(28(24,25)12(16)17)9-6(4-5-7(22)8(9)15)10(23)11-18-13(26-2)20-14(19-11)27-3/h4-5,12,22H,1-3H3. The van der Waals surface area contributed by atoms with Crippen LogP contribution in [0.2, 0.25) is 0 Å². The van der Waals surface area contributed by atoms with Crippen LogP contribution in [-0.2, 0) is 10.0 Å². The molecule has 0 radical (unpaired) electrons. The number of anilines is 1. The number of ether oxygens (including phenoxy) is 2. The molecule has 28 heavy (non-hydrogen) atoms. The maximum absolute atomic E-state index is 14.4. The number of rotatable bonds is 7. The van der Waals surface area contributed by atoms with Gasteiger partial charge in [-0.3, -0.25) is 9.10 Å². The minimum absolute atomic E-state index is 0.143. The van der Waals surface area contributed by atoms with Gasteiger partial charge in [-0.25, -0.2) is 12.8 Å². The van der Waals surface area contributed by atoms with Gasteiger partial charge in [0.1, 0.15) is 5.69 Å². The zero-order chi connectivity index (χ0) is 21.2. The maximum atomic E-state index is 14.4. The van der Waals surface area contributed by atoms with Gasteiger partial charge in [-0.05, 0) is 12.1 Å². The van der Waals surface area contributed by atoms with Crippen LogP contribution in [0.3, 0.4) is 0 Å². The fourth-order valence-corrected chi connectivity index (χ4v) is 2.71. The summed E-state index contributed by atoms with van der Waals surface area (Å²) in [5.74, 6) is -8.37. The van der Waals surface area contributed by atoms with Crippen molar-refractivity contribution in [1.29, 1.82) is 0 Å². The molecule has 1 aromatic heterocycles. The van der Waals surface area contributed by atoms with Gasteiger partial charge in [-0.2, -0.15) is 18.7 Å². The Morgan fingerprint density at radius 2 is 1.68 bits per heavy atom. The van der Waals surface area contributed by atoms with E-state index in [0.717, 1.165) is 12.1 Å². The number of aromatic hydroxyl groups is 1. The molecule has 10 nitrogen and oxygen atoms in total. The van der Waals surface area contributed by atoms with E-state index < -0.39 is 50.2 Å². The zero-order valence-corrected chi connectivity index (χ0v) is 15.4. The van der Waals surface area contributed by atoms with Crippen LogP contribution in [0.25, 0.3) is 0 Å². The molecule has 0 fully saturated rings. The van der Waals surface area contributed by atoms with E-state index in [1.807, 2.05) is 0 Å². The Balaban J connectivity index is 2.70. The molecule has 0 saturated carbocycles. The predicted octanol–water partition coefficient (Wildman–Crippen LogP) is 0.953. The number of sulfonamides is 1. The highest BCUT2D eigenvalue weighted by atomic mass is 32.2. The van der Waals surface area contributed by atoms with Crippen molar-refractivity contribution in [3.8, 4) is 17.8 Å². The number of carbonyl (C=O) groups excluding carboxylic acids is 1. The first kappa shape index (κ1) is 21.1. The number of hydrogen-bond donors (Lipinski definition) is 1. The molecule has 0 aliphatic rings. The fraction of sp³-hybridized carbons (Fsp3) is 0.286. The first-order valence-corrected chi connectivity index (χ1v) is 8.71. The molecule has 0 saturated heterocycles. The van der Waals surface area contributed by atoms with Gasteiger partial charge in [0.25, 0.3) is 10.0 Å². The predicted molar refractivity (Wildman–Crippen MR) is 87.8 cm³/mol. The topological polar surface area (TPSA) is 132 Å². The number of halogens is 3. The summed E-state index contributed by atoms with van der Waals surface area (Å²) >= 11 is 0. The molecular weight excluding hydrogens is 409 g/mol. The van der Waals surface area contributed by atoms with E-state index in [2.05, 4.69) is 15.0 Å². The minimum atomic E-state index is -5.34. The van der Waals surface area contributed by atoms with Crippen molar-refractivity contribution in [1.82, 2.24) is 15.0 Å². The number of hydrogen-bond acceptors (Lipinski definition) is 9. The quantitative estimate of drug-likeness (QED) is 0.648. The normalized spacial score (nSPS) is 11.4. The fourth-order valence-electron chi connectivity index (χ4n) is 2.03. The third-order valence-corrected chi connectivity index (χ3v) is 4.82. The van der Waals surface area contributed by atoms with E-state index in [4.69, 9.17) is 9.47 Å². The van der Waals surface area contributed by atoms with Crippen molar-refractivity contribution in [2.75, 3.05) is 25.6 Å². The van der Waals surface area contributed by atoms with Gasteiger partial charge >= 0.3 is 17.8 Å². The molecule has 0 amide bonds. The van der Waals surface area contributed by atoms with Gasteiger partial charge in [0.05, 0.1) is 19.8 Å². The lowest BCUT2D eigenvalue weighted by molar-refractivity contribution is 0.102. The number of ketones is 1. The molecule has 1 heterocycles. The summed E-state index contributed by atoms with van der Waals surface area (Å²) in [5, 5.41) is 9.52. The minimum Gasteiger partial charge on any atom is -0.505 e. The second-order valence-corrected chi connectivity index (χ2v) is 6.96. The molecule has 0 bridgehead atoms. The molecule has 0 unspecified atom stereocenters. The molecule has 152 valence electrons. The Bertz CT molecular complexity index is 996. The number of aromatic nitrogens is 3. The van der Waals surface area contributed by atoms with Crippen molar-refractivity contribution in [2.24, 2.45) is 0 Å². The van der Waals surface area contributed by atoms with Crippen LogP contribution < -0.4 is 13.8 Å². The van der Waals surface area contributed by atoms with Gasteiger partial charge in [-0.1, -0.05) is 0 Å². The number of carbonyl (C=O) groups is 1. The SMILES string of the molecule is COc1nc(OC)nc(C(=O)c2ccc(O)c(F)c2N(C)S(=O)(=O)C(F)F)n1. The molecular formula is C14H13F3N4O6S. The third kappa shape index (κ3) is 3.76. The Hall–Kier alpha value is -3.16. The van der Waals surface area contributed by atoms with Crippen molar-refractivity contribution < 1.29 is 41.0 Å². The molecule has 1 N–H and O–H groups in total. The number of phenolic OH excluding ortho intramolecular Hbond substituents is 1. The largest absolute Gasteiger partial charge is 0.505 e. The summed E-state index contributed by atoms with van der Waals surface area (Å²) in [4.78, 5) is 23.7. The highest BCUT2D eigenvalue weighted by molar-refractivity contribution is 7.93. The highest BCUT2D eigenvalue weighted by Gasteiger charge is 2.35. The average molecular weight is 422 g/mol. The molecule has 0 aliphatic heterocycles. The van der Waals surface area contributed by atoms with Gasteiger partial charge < -0.3 is 14.6 Å². The Morgan fingerprint density at radius 1 is 1.14 bits per heavy atom. The van der Waals surface area contributed by atoms with Crippen LogP contribution in [0.4, 0.5) is 18.9 Å². The molecule has 0 aliphatic carbocycles. The lowest BCUT2D eigenvalue weighted by atomic mass is 10.1. The van der Waals surface area contributed by atoms with Crippen LogP contribution in [-0.4, -0.2) is 61.3 Å². The summed E-state index contributed by atoms with van der Waals surface area (Å²) in [6.07, 6.45) is 0. The smallest absolute Gasteiger partial charge is 0.355 e. The number of benzene rings is 1. The van der Waals surface area contributed by atoms with Crippen molar-refractivity contribution >= 4 is 21.5 Å². The first-order chi connectivity index (χ1) is 13.0. The van der Waals surface area contributed by atoms with E-state index in [0.29, 0.717) is 7.05 Å². The van der Waals surface area contributed by atoms with Crippen molar-refractivity contribution in [2.45, 2.75) is 5.76 Å². The molecule has 0 atom stereocenters. The summed E-state index contributed by atoms with van der Waals surface area (Å²) in [6, 6.07) is 0.884. The highest BCUT2D eigenvalue weighted by Crippen LogP contribution is 2.34. The Kier molecular flexibility index (Phi) is 5.92. The van der Waals surface area contributed by atoms with Crippen LogP contribution >= 0.6 is 0 Å². The lowest BCUT2D eigenvalue weighted by Crippen LogP contribution is -2.33. The number of phenols is 1. The van der Waals surface area contributed by atoms with E-state index in [1.165, 1.54) is 14.2 Å². The molecule has 0 spiro atoms. The van der Waals surface area contributed by atoms with E-state index >= 15 is 0 Å². The number of nitrogens with zero attached hydrogens (tertiary/aromatic N) is 4. The average Bonchev–Trinajstić information content (AvgIpc) is 2.68. The number of alkyl halides is 2. The van der Waals surface area contributed by atoms with Crippen LogP contribution in [0, 0.1) is 5.82 Å². The summed E-state index contributed by atoms with van der Waals surface area (Å²) < 4.78 is 73.0. The summed E-state index contributed by atoms with van der Waals surface area (Å²) in [5.41, 5.74) is -1.82. The lowest BCUT2D eigenvalue weighted by Gasteiger charge is -2.22. The maximum Gasteiger partial charge on any atom is 0.355 e. The van der Waals surface area contributed by atoms with Gasteiger partial charge in [0.2, 0.25) is 11.6 Å². The number of methoxy groups -OCH3 is 2. The second-order valence-electron chi connectivity index (χ2n) is 5.03. The van der Waals surface area contributed by atoms with E-state index in [-0.39, 0.29) is 16.3 Å². The first-order valence-electron chi connectivity index (χ1n) is 7.20. The Morgan fingerprint density at radius 3 is 2.14 bits per heavy atom. The van der Waals surface area contributed by atoms with Gasteiger partial charge in [0.15, 0.2) is 11.6 Å². The van der Waals surface area contributed by atoms with Crippen LogP contribution in [0.5, 0.6) is 17.8 Å². The van der Waals surface area contributed by atoms with E-state index in [9.17, 15) is 31.5 Å². The molecule has 1 aromatic carbocycles. The third-order valence-electron chi connectivity index (χ3n) is 3.42. The van der Waals surface area contributed by atoms with Crippen molar-refractivity contribution in [3.05, 3.63) is 29.3 Å². The van der Waals surface area contributed by atoms with Gasteiger partial charge in [0, 0.05) is 7.05 Å². The van der Waals surface area contributed by atoms with Crippen molar-refractivity contribution in [3.63, 3.8) is 0 Å². The zero-order valence-electron chi connectivity index (χ0n) is 14.6. The second kappa shape index (κ2) is 7.84. The van der Waals surface area contributed by atoms with Gasteiger partial charge in [-0.15, -0.1) is 4.98 Å². The molecule has 14 heteroatoms. The summed E-state index contributed by atoms with van der Waals surface area (Å²) in [6.45, 7) is 0. The van der Waals surface area contributed by atoms with E-state index in [1.54, 1.807) is 0 Å². The molecule has 2 rings (SSSR count). The van der Waals surface area contributed by atoms with Crippen LogP contribution in [0.15, 0.2) is 12.1 Å². The summed E-state index contributed by atoms with van der Waals surface area (Å²) in [7, 11) is -2.38. The van der Waals surface area contributed by atoms with Crippen LogP contribution in [0.1, 0.15) is 16.2 Å².